The number of nitrogens with zero attached hydrogens (tertiary/aromatic N) is 1. The molecule has 0 spiro atoms. The Morgan fingerprint density at radius 1 is 1.41 bits per heavy atom. The van der Waals surface area contributed by atoms with Crippen LogP contribution in [-0.2, 0) is 0 Å². The summed E-state index contributed by atoms with van der Waals surface area (Å²) in [6.45, 7) is 7.11. The van der Waals surface area contributed by atoms with Crippen molar-refractivity contribution in [3.8, 4) is 0 Å². The van der Waals surface area contributed by atoms with E-state index in [0.717, 1.165) is 24.7 Å². The molecule has 0 aliphatic carbocycles. The molecular weight excluding hydrogens is 297 g/mol. The Labute approximate surface area is 136 Å². The van der Waals surface area contributed by atoms with Crippen LogP contribution in [0.25, 0.3) is 0 Å². The van der Waals surface area contributed by atoms with E-state index in [1.165, 1.54) is 31.5 Å². The van der Waals surface area contributed by atoms with E-state index in [0.29, 0.717) is 17.1 Å². The summed E-state index contributed by atoms with van der Waals surface area (Å²) in [7, 11) is 0. The van der Waals surface area contributed by atoms with Gasteiger partial charge in [0, 0.05) is 24.8 Å². The molecule has 2 bridgehead atoms. The van der Waals surface area contributed by atoms with Crippen LogP contribution in [0.1, 0.15) is 12.8 Å². The Bertz CT molecular complexity index is 545. The molecule has 3 heterocycles. The Kier molecular flexibility index (Phi) is 4.74. The van der Waals surface area contributed by atoms with Crippen LogP contribution in [0, 0.1) is 17.7 Å². The highest BCUT2D eigenvalue weighted by Gasteiger charge is 2.38. The first kappa shape index (κ1) is 15.4. The van der Waals surface area contributed by atoms with Crippen LogP contribution in [-0.4, -0.2) is 35.7 Å². The molecule has 3 aliphatic heterocycles. The third-order valence-corrected chi connectivity index (χ3v) is 5.08. The Morgan fingerprint density at radius 3 is 2.82 bits per heavy atom. The summed E-state index contributed by atoms with van der Waals surface area (Å²) in [5.41, 5.74) is 0.802. The van der Waals surface area contributed by atoms with Gasteiger partial charge in [-0.15, -0.1) is 6.58 Å². The standard InChI is InChI=1S/C17H22FN3S/c1-2-12-11-21-8-7-13(12)9-16(21)10-19-17(22)20-15-5-3-14(18)4-6-15/h2-6,12-13,16H,1,7-11H2,(H2,19,20,22). The predicted octanol–water partition coefficient (Wildman–Crippen LogP) is 3.01. The molecule has 5 heteroatoms. The van der Waals surface area contributed by atoms with E-state index in [4.69, 9.17) is 12.2 Å². The van der Waals surface area contributed by atoms with Gasteiger partial charge in [0.1, 0.15) is 5.82 Å². The summed E-state index contributed by atoms with van der Waals surface area (Å²) >= 11 is 5.32. The minimum Gasteiger partial charge on any atom is -0.361 e. The van der Waals surface area contributed by atoms with Crippen molar-refractivity contribution in [1.29, 1.82) is 0 Å². The second-order valence-electron chi connectivity index (χ2n) is 6.17. The van der Waals surface area contributed by atoms with E-state index in [-0.39, 0.29) is 5.82 Å². The SMILES string of the molecule is C=CC1CN2CCC1CC2CNC(=S)Nc1ccc(F)cc1. The Hall–Kier alpha value is -1.46. The highest BCUT2D eigenvalue weighted by molar-refractivity contribution is 7.80. The van der Waals surface area contributed by atoms with E-state index in [2.05, 4.69) is 28.2 Å². The summed E-state index contributed by atoms with van der Waals surface area (Å²) < 4.78 is 12.9. The van der Waals surface area contributed by atoms with E-state index in [9.17, 15) is 4.39 Å². The first-order valence-electron chi connectivity index (χ1n) is 7.82. The molecule has 3 fully saturated rings. The largest absolute Gasteiger partial charge is 0.361 e. The van der Waals surface area contributed by atoms with Crippen LogP contribution >= 0.6 is 12.2 Å². The second-order valence-corrected chi connectivity index (χ2v) is 6.58. The van der Waals surface area contributed by atoms with E-state index < -0.39 is 0 Å². The molecule has 0 amide bonds. The molecule has 3 saturated heterocycles. The quantitative estimate of drug-likeness (QED) is 0.659. The van der Waals surface area contributed by atoms with Crippen molar-refractivity contribution in [3.63, 3.8) is 0 Å². The fraction of sp³-hybridized carbons (Fsp3) is 0.471. The van der Waals surface area contributed by atoms with Crippen molar-refractivity contribution in [2.45, 2.75) is 18.9 Å². The van der Waals surface area contributed by atoms with Gasteiger partial charge in [0.25, 0.3) is 0 Å². The first-order valence-corrected chi connectivity index (χ1v) is 8.23. The lowest BCUT2D eigenvalue weighted by atomic mass is 9.76. The van der Waals surface area contributed by atoms with Crippen molar-refractivity contribution in [3.05, 3.63) is 42.7 Å². The summed E-state index contributed by atoms with van der Waals surface area (Å²) in [5.74, 6) is 1.18. The van der Waals surface area contributed by atoms with E-state index >= 15 is 0 Å². The van der Waals surface area contributed by atoms with E-state index in [1.54, 1.807) is 12.1 Å². The third-order valence-electron chi connectivity index (χ3n) is 4.83. The van der Waals surface area contributed by atoms with Crippen LogP contribution in [0.4, 0.5) is 10.1 Å². The lowest BCUT2D eigenvalue weighted by Crippen LogP contribution is -2.56. The molecule has 22 heavy (non-hydrogen) atoms. The lowest BCUT2D eigenvalue weighted by Gasteiger charge is -2.49. The molecule has 4 rings (SSSR count). The minimum atomic E-state index is -0.243. The van der Waals surface area contributed by atoms with Crippen LogP contribution in [0.5, 0.6) is 0 Å². The van der Waals surface area contributed by atoms with Gasteiger partial charge in [-0.05, 0) is 67.7 Å². The van der Waals surface area contributed by atoms with Crippen LogP contribution in [0.3, 0.4) is 0 Å². The molecule has 4 atom stereocenters. The number of rotatable bonds is 4. The van der Waals surface area contributed by atoms with Crippen LogP contribution in [0.15, 0.2) is 36.9 Å². The lowest BCUT2D eigenvalue weighted by molar-refractivity contribution is 0.0215. The summed E-state index contributed by atoms with van der Waals surface area (Å²) in [5, 5.41) is 6.98. The molecule has 0 radical (unpaired) electrons. The number of nitrogens with one attached hydrogen (secondary N) is 2. The van der Waals surface area contributed by atoms with Gasteiger partial charge < -0.3 is 10.6 Å². The maximum absolute atomic E-state index is 12.9. The van der Waals surface area contributed by atoms with Gasteiger partial charge in [0.2, 0.25) is 0 Å². The molecule has 3 nitrogen and oxygen atoms in total. The second kappa shape index (κ2) is 6.75. The number of halogens is 1. The van der Waals surface area contributed by atoms with Crippen molar-refractivity contribution < 1.29 is 4.39 Å². The van der Waals surface area contributed by atoms with Gasteiger partial charge >= 0.3 is 0 Å². The summed E-state index contributed by atoms with van der Waals surface area (Å²) in [6.07, 6.45) is 4.61. The minimum absolute atomic E-state index is 0.243. The van der Waals surface area contributed by atoms with Gasteiger partial charge in [-0.1, -0.05) is 6.08 Å². The van der Waals surface area contributed by atoms with Crippen molar-refractivity contribution in [1.82, 2.24) is 10.2 Å². The number of fused-ring (bicyclic) bond motifs is 3. The van der Waals surface area contributed by atoms with Crippen molar-refractivity contribution in [2.75, 3.05) is 25.0 Å². The summed E-state index contributed by atoms with van der Waals surface area (Å²) in [4.78, 5) is 2.54. The van der Waals surface area contributed by atoms with Gasteiger partial charge in [0.15, 0.2) is 5.11 Å². The number of hydrogen-bond acceptors (Lipinski definition) is 2. The fourth-order valence-electron chi connectivity index (χ4n) is 3.58. The zero-order valence-electron chi connectivity index (χ0n) is 12.6. The van der Waals surface area contributed by atoms with Gasteiger partial charge in [0.05, 0.1) is 0 Å². The average Bonchev–Trinajstić information content (AvgIpc) is 2.55. The maximum atomic E-state index is 12.9. The summed E-state index contributed by atoms with van der Waals surface area (Å²) in [6, 6.07) is 6.76. The Morgan fingerprint density at radius 2 is 2.18 bits per heavy atom. The molecule has 0 saturated carbocycles. The fourth-order valence-corrected chi connectivity index (χ4v) is 3.78. The molecule has 118 valence electrons. The zero-order valence-corrected chi connectivity index (χ0v) is 13.4. The topological polar surface area (TPSA) is 27.3 Å². The zero-order chi connectivity index (χ0) is 15.5. The van der Waals surface area contributed by atoms with Crippen molar-refractivity contribution >= 4 is 23.0 Å². The predicted molar refractivity (Wildman–Crippen MR) is 92.4 cm³/mol. The van der Waals surface area contributed by atoms with Crippen LogP contribution < -0.4 is 10.6 Å². The van der Waals surface area contributed by atoms with E-state index in [1.807, 2.05) is 0 Å². The molecule has 1 aromatic rings. The Balaban J connectivity index is 1.47. The smallest absolute Gasteiger partial charge is 0.170 e. The maximum Gasteiger partial charge on any atom is 0.170 e. The average molecular weight is 319 g/mol. The highest BCUT2D eigenvalue weighted by Crippen LogP contribution is 2.36. The van der Waals surface area contributed by atoms with Gasteiger partial charge in [-0.2, -0.15) is 0 Å². The monoisotopic (exact) mass is 319 g/mol. The third kappa shape index (κ3) is 3.47. The number of hydrogen-bond donors (Lipinski definition) is 2. The first-order chi connectivity index (χ1) is 10.7. The highest BCUT2D eigenvalue weighted by atomic mass is 32.1. The van der Waals surface area contributed by atoms with Gasteiger partial charge in [-0.3, -0.25) is 4.90 Å². The number of benzene rings is 1. The molecular formula is C17H22FN3S. The molecule has 2 N–H and O–H groups in total. The molecule has 4 unspecified atom stereocenters. The van der Waals surface area contributed by atoms with Crippen molar-refractivity contribution in [2.24, 2.45) is 11.8 Å². The number of piperidine rings is 3. The number of thiocarbonyl (C=S) groups is 1. The molecule has 0 aromatic heterocycles. The normalized spacial score (nSPS) is 29.9. The molecule has 3 aliphatic rings. The van der Waals surface area contributed by atoms with Gasteiger partial charge in [-0.25, -0.2) is 4.39 Å². The molecule has 1 aromatic carbocycles. The number of anilines is 1. The van der Waals surface area contributed by atoms with Crippen LogP contribution in [0.2, 0.25) is 0 Å².